The zero-order valence-corrected chi connectivity index (χ0v) is 13.9. The van der Waals surface area contributed by atoms with Crippen molar-refractivity contribution >= 4 is 17.7 Å². The molecule has 0 fully saturated rings. The van der Waals surface area contributed by atoms with Gasteiger partial charge in [-0.15, -0.1) is 0 Å². The van der Waals surface area contributed by atoms with Crippen LogP contribution in [0, 0.1) is 0 Å². The highest BCUT2D eigenvalue weighted by Crippen LogP contribution is 2.11. The number of aryl methyl sites for hydroxylation is 1. The Morgan fingerprint density at radius 3 is 2.59 bits per heavy atom. The van der Waals surface area contributed by atoms with Gasteiger partial charge in [0.05, 0.1) is 0 Å². The van der Waals surface area contributed by atoms with Crippen LogP contribution >= 0.6 is 0 Å². The molecule has 5 nitrogen and oxygen atoms in total. The van der Waals surface area contributed by atoms with Gasteiger partial charge in [0, 0.05) is 18.7 Å². The van der Waals surface area contributed by atoms with Crippen LogP contribution in [0.3, 0.4) is 0 Å². The maximum atomic E-state index is 11.8. The molecule has 0 bridgehead atoms. The normalized spacial score (nSPS) is 10.9. The van der Waals surface area contributed by atoms with Crippen LogP contribution in [0.1, 0.15) is 46.1 Å². The van der Waals surface area contributed by atoms with Crippen LogP contribution < -0.4 is 10.6 Å². The fourth-order valence-electron chi connectivity index (χ4n) is 1.85. The summed E-state index contributed by atoms with van der Waals surface area (Å²) in [5, 5.41) is 5.50. The Labute approximate surface area is 132 Å². The molecule has 1 aromatic carbocycles. The molecule has 0 aliphatic carbocycles. The Morgan fingerprint density at radius 2 is 1.95 bits per heavy atom. The second kappa shape index (κ2) is 8.41. The third-order valence-corrected chi connectivity index (χ3v) is 2.87. The molecule has 0 atom stereocenters. The number of anilines is 1. The summed E-state index contributed by atoms with van der Waals surface area (Å²) in [6, 6.07) is 7.80. The number of rotatable bonds is 6. The van der Waals surface area contributed by atoms with Crippen molar-refractivity contribution in [3.05, 3.63) is 29.8 Å². The molecule has 2 amide bonds. The van der Waals surface area contributed by atoms with E-state index in [4.69, 9.17) is 4.74 Å². The molecule has 22 heavy (non-hydrogen) atoms. The van der Waals surface area contributed by atoms with E-state index in [0.29, 0.717) is 19.4 Å². The van der Waals surface area contributed by atoms with E-state index < -0.39 is 11.7 Å². The number of carbonyl (C=O) groups is 2. The lowest BCUT2D eigenvalue weighted by atomic mass is 10.1. The number of alkyl carbamates (subject to hydrolysis) is 1. The Morgan fingerprint density at radius 1 is 1.23 bits per heavy atom. The fraction of sp³-hybridized carbons (Fsp3) is 0.529. The lowest BCUT2D eigenvalue weighted by molar-refractivity contribution is -0.116. The van der Waals surface area contributed by atoms with Crippen molar-refractivity contribution < 1.29 is 14.3 Å². The molecule has 0 radical (unpaired) electrons. The highest BCUT2D eigenvalue weighted by Gasteiger charge is 2.15. The first kappa shape index (κ1) is 18.0. The minimum atomic E-state index is -0.508. The van der Waals surface area contributed by atoms with Crippen molar-refractivity contribution in [3.63, 3.8) is 0 Å². The minimum Gasteiger partial charge on any atom is -0.444 e. The maximum Gasteiger partial charge on any atom is 0.407 e. The molecule has 1 aromatic rings. The summed E-state index contributed by atoms with van der Waals surface area (Å²) in [5.41, 5.74) is 1.49. The van der Waals surface area contributed by atoms with E-state index in [0.717, 1.165) is 12.1 Å². The zero-order chi connectivity index (χ0) is 16.6. The molecule has 1 rings (SSSR count). The molecule has 0 aromatic heterocycles. The van der Waals surface area contributed by atoms with Crippen LogP contribution in [-0.2, 0) is 16.0 Å². The lowest BCUT2D eigenvalue weighted by Crippen LogP contribution is -2.33. The lowest BCUT2D eigenvalue weighted by Gasteiger charge is -2.19. The summed E-state index contributed by atoms with van der Waals surface area (Å²) in [5.74, 6) is -0.0563. The number of amides is 2. The summed E-state index contributed by atoms with van der Waals surface area (Å²) in [6.45, 7) is 7.92. The molecule has 0 heterocycles. The molecule has 0 saturated heterocycles. The van der Waals surface area contributed by atoms with E-state index in [1.165, 1.54) is 5.56 Å². The van der Waals surface area contributed by atoms with E-state index in [1.807, 2.05) is 45.0 Å². The van der Waals surface area contributed by atoms with Gasteiger partial charge in [-0.25, -0.2) is 4.79 Å². The van der Waals surface area contributed by atoms with Crippen molar-refractivity contribution in [3.8, 4) is 0 Å². The van der Waals surface area contributed by atoms with E-state index in [-0.39, 0.29) is 5.91 Å². The van der Waals surface area contributed by atoms with Gasteiger partial charge in [0.2, 0.25) is 5.91 Å². The summed E-state index contributed by atoms with van der Waals surface area (Å²) in [7, 11) is 0. The predicted octanol–water partition coefficient (Wildman–Crippen LogP) is 3.49. The zero-order valence-electron chi connectivity index (χ0n) is 13.9. The van der Waals surface area contributed by atoms with E-state index in [1.54, 1.807) is 0 Å². The first-order valence-electron chi connectivity index (χ1n) is 7.66. The molecule has 0 saturated carbocycles. The highest BCUT2D eigenvalue weighted by molar-refractivity contribution is 5.90. The Kier molecular flexibility index (Phi) is 6.89. The van der Waals surface area contributed by atoms with Crippen LogP contribution in [0.25, 0.3) is 0 Å². The van der Waals surface area contributed by atoms with Gasteiger partial charge in [0.15, 0.2) is 0 Å². The Bertz CT molecular complexity index is 507. The topological polar surface area (TPSA) is 67.4 Å². The smallest absolute Gasteiger partial charge is 0.407 e. The number of benzene rings is 1. The van der Waals surface area contributed by atoms with Crippen molar-refractivity contribution in [1.82, 2.24) is 5.32 Å². The van der Waals surface area contributed by atoms with Gasteiger partial charge in [-0.1, -0.05) is 19.1 Å². The van der Waals surface area contributed by atoms with Crippen molar-refractivity contribution in [2.75, 3.05) is 11.9 Å². The monoisotopic (exact) mass is 306 g/mol. The van der Waals surface area contributed by atoms with Crippen molar-refractivity contribution in [2.24, 2.45) is 0 Å². The number of hydrogen-bond donors (Lipinski definition) is 2. The summed E-state index contributed by atoms with van der Waals surface area (Å²) < 4.78 is 5.12. The van der Waals surface area contributed by atoms with Gasteiger partial charge in [0.1, 0.15) is 5.60 Å². The van der Waals surface area contributed by atoms with Gasteiger partial charge < -0.3 is 15.4 Å². The number of hydrogen-bond acceptors (Lipinski definition) is 3. The van der Waals surface area contributed by atoms with Gasteiger partial charge in [0.25, 0.3) is 0 Å². The molecule has 2 N–H and O–H groups in total. The largest absolute Gasteiger partial charge is 0.444 e. The van der Waals surface area contributed by atoms with Crippen LogP contribution in [-0.4, -0.2) is 24.1 Å². The second-order valence-corrected chi connectivity index (χ2v) is 6.13. The van der Waals surface area contributed by atoms with Crippen LogP contribution in [0.15, 0.2) is 24.3 Å². The van der Waals surface area contributed by atoms with Gasteiger partial charge in [-0.2, -0.15) is 0 Å². The Balaban J connectivity index is 2.25. The van der Waals surface area contributed by atoms with E-state index in [2.05, 4.69) is 17.6 Å². The molecular weight excluding hydrogens is 280 g/mol. The molecule has 0 unspecified atom stereocenters. The average Bonchev–Trinajstić information content (AvgIpc) is 2.42. The summed E-state index contributed by atoms with van der Waals surface area (Å²) in [6.07, 6.45) is 1.40. The molecule has 0 aliphatic rings. The van der Waals surface area contributed by atoms with Crippen LogP contribution in [0.2, 0.25) is 0 Å². The van der Waals surface area contributed by atoms with Gasteiger partial charge in [-0.05, 0) is 51.3 Å². The predicted molar refractivity (Wildman–Crippen MR) is 87.9 cm³/mol. The summed E-state index contributed by atoms with van der Waals surface area (Å²) in [4.78, 5) is 23.3. The number of ether oxygens (including phenoxy) is 1. The SMILES string of the molecule is CCc1cccc(NC(=O)CCCNC(=O)OC(C)(C)C)c1. The third-order valence-electron chi connectivity index (χ3n) is 2.87. The molecule has 0 spiro atoms. The second-order valence-electron chi connectivity index (χ2n) is 6.13. The fourth-order valence-corrected chi connectivity index (χ4v) is 1.85. The minimum absolute atomic E-state index is 0.0563. The van der Waals surface area contributed by atoms with Crippen molar-refractivity contribution in [2.45, 2.75) is 52.6 Å². The van der Waals surface area contributed by atoms with Crippen LogP contribution in [0.5, 0.6) is 0 Å². The van der Waals surface area contributed by atoms with Gasteiger partial charge in [-0.3, -0.25) is 4.79 Å². The standard InChI is InChI=1S/C17H26N2O3/c1-5-13-8-6-9-14(12-13)19-15(20)10-7-11-18-16(21)22-17(2,3)4/h6,8-9,12H,5,7,10-11H2,1-4H3,(H,18,21)(H,19,20). The first-order chi connectivity index (χ1) is 10.3. The van der Waals surface area contributed by atoms with Crippen molar-refractivity contribution in [1.29, 1.82) is 0 Å². The summed E-state index contributed by atoms with van der Waals surface area (Å²) >= 11 is 0. The van der Waals surface area contributed by atoms with E-state index >= 15 is 0 Å². The first-order valence-corrected chi connectivity index (χ1v) is 7.66. The van der Waals surface area contributed by atoms with Crippen LogP contribution in [0.4, 0.5) is 10.5 Å². The highest BCUT2D eigenvalue weighted by atomic mass is 16.6. The molecule has 5 heteroatoms. The number of carbonyl (C=O) groups excluding carboxylic acids is 2. The molecular formula is C17H26N2O3. The third kappa shape index (κ3) is 7.67. The number of nitrogens with one attached hydrogen (secondary N) is 2. The quantitative estimate of drug-likeness (QED) is 0.791. The molecule has 122 valence electrons. The van der Waals surface area contributed by atoms with Gasteiger partial charge >= 0.3 is 6.09 Å². The average molecular weight is 306 g/mol. The maximum absolute atomic E-state index is 11.8. The molecule has 0 aliphatic heterocycles. The Hall–Kier alpha value is -2.04. The van der Waals surface area contributed by atoms with E-state index in [9.17, 15) is 9.59 Å².